The fourth-order valence-corrected chi connectivity index (χ4v) is 1.92. The van der Waals surface area contributed by atoms with Crippen LogP contribution in [0.4, 0.5) is 5.82 Å². The number of esters is 1. The number of hydrogen-bond donors (Lipinski definition) is 1. The van der Waals surface area contributed by atoms with E-state index in [0.29, 0.717) is 11.5 Å². The molecule has 0 atom stereocenters. The fourth-order valence-electron chi connectivity index (χ4n) is 1.92. The lowest BCUT2D eigenvalue weighted by atomic mass is 10.2. The Morgan fingerprint density at radius 3 is 3.00 bits per heavy atom. The first kappa shape index (κ1) is 11.4. The Morgan fingerprint density at radius 2 is 2.21 bits per heavy atom. The van der Waals surface area contributed by atoms with E-state index in [-0.39, 0.29) is 12.3 Å². The van der Waals surface area contributed by atoms with E-state index in [2.05, 4.69) is 15.3 Å². The summed E-state index contributed by atoms with van der Waals surface area (Å²) in [7, 11) is 0. The zero-order valence-corrected chi connectivity index (χ0v) is 10.2. The molecule has 0 saturated carbocycles. The lowest BCUT2D eigenvalue weighted by Gasteiger charge is -2.03. The first-order valence-corrected chi connectivity index (χ1v) is 5.79. The van der Waals surface area contributed by atoms with E-state index >= 15 is 0 Å². The van der Waals surface area contributed by atoms with E-state index in [4.69, 9.17) is 10.5 Å². The summed E-state index contributed by atoms with van der Waals surface area (Å²) < 4.78 is 6.39. The number of hydrogen-bond acceptors (Lipinski definition) is 6. The minimum Gasteiger partial charge on any atom is -0.461 e. The maximum absolute atomic E-state index is 11.7. The number of fused-ring (bicyclic) bond motifs is 3. The summed E-state index contributed by atoms with van der Waals surface area (Å²) in [4.78, 5) is 15.9. The van der Waals surface area contributed by atoms with E-state index in [1.165, 1.54) is 4.52 Å². The molecule has 0 radical (unpaired) electrons. The van der Waals surface area contributed by atoms with Crippen molar-refractivity contribution in [1.29, 1.82) is 0 Å². The zero-order chi connectivity index (χ0) is 13.4. The Labute approximate surface area is 108 Å². The van der Waals surface area contributed by atoms with Crippen LogP contribution in [0.1, 0.15) is 17.4 Å². The van der Waals surface area contributed by atoms with Crippen molar-refractivity contribution in [2.45, 2.75) is 6.92 Å². The van der Waals surface area contributed by atoms with Gasteiger partial charge in [0.25, 0.3) is 0 Å². The molecule has 0 spiro atoms. The number of ether oxygens (including phenoxy) is 1. The van der Waals surface area contributed by atoms with Crippen LogP contribution in [0.3, 0.4) is 0 Å². The highest BCUT2D eigenvalue weighted by molar-refractivity contribution is 5.97. The standard InChI is InChI=1S/C12H11N5O2/c1-2-19-12(18)9-11-14-10(13)7-5-3-4-6-8(7)17(11)16-15-9/h3-6H,2H2,1H3,(H2,13,14). The molecule has 0 unspecified atom stereocenters. The predicted molar refractivity (Wildman–Crippen MR) is 68.7 cm³/mol. The monoisotopic (exact) mass is 257 g/mol. The molecule has 7 heteroatoms. The molecule has 2 heterocycles. The molecule has 3 aromatic rings. The van der Waals surface area contributed by atoms with Gasteiger partial charge in [0, 0.05) is 5.39 Å². The van der Waals surface area contributed by atoms with Crippen molar-refractivity contribution >= 4 is 28.3 Å². The number of carbonyl (C=O) groups excluding carboxylic acids is 1. The topological polar surface area (TPSA) is 95.4 Å². The molecule has 19 heavy (non-hydrogen) atoms. The first-order chi connectivity index (χ1) is 9.22. The molecule has 0 bridgehead atoms. The highest BCUT2D eigenvalue weighted by Crippen LogP contribution is 2.21. The third kappa shape index (κ3) is 1.67. The molecule has 2 aromatic heterocycles. The second kappa shape index (κ2) is 4.20. The van der Waals surface area contributed by atoms with E-state index in [1.807, 2.05) is 24.3 Å². The lowest BCUT2D eigenvalue weighted by molar-refractivity contribution is 0.0521. The van der Waals surface area contributed by atoms with Gasteiger partial charge in [-0.05, 0) is 19.1 Å². The number of benzene rings is 1. The van der Waals surface area contributed by atoms with E-state index in [0.717, 1.165) is 10.9 Å². The van der Waals surface area contributed by atoms with Crippen LogP contribution >= 0.6 is 0 Å². The van der Waals surface area contributed by atoms with Crippen molar-refractivity contribution < 1.29 is 9.53 Å². The Morgan fingerprint density at radius 1 is 1.42 bits per heavy atom. The van der Waals surface area contributed by atoms with Crippen molar-refractivity contribution in [2.75, 3.05) is 12.3 Å². The average molecular weight is 257 g/mol. The number of nitrogens with two attached hydrogens (primary N) is 1. The van der Waals surface area contributed by atoms with Crippen molar-refractivity contribution in [3.8, 4) is 0 Å². The number of carbonyl (C=O) groups is 1. The molecule has 0 aliphatic rings. The van der Waals surface area contributed by atoms with Crippen LogP contribution in [0.2, 0.25) is 0 Å². The van der Waals surface area contributed by atoms with Gasteiger partial charge in [-0.3, -0.25) is 0 Å². The van der Waals surface area contributed by atoms with Gasteiger partial charge >= 0.3 is 5.97 Å². The summed E-state index contributed by atoms with van der Waals surface area (Å²) in [5, 5.41) is 8.52. The van der Waals surface area contributed by atoms with Crippen molar-refractivity contribution in [2.24, 2.45) is 0 Å². The molecule has 0 aliphatic carbocycles. The number of para-hydroxylation sites is 1. The smallest absolute Gasteiger partial charge is 0.362 e. The number of anilines is 1. The molecule has 1 aromatic carbocycles. The summed E-state index contributed by atoms with van der Waals surface area (Å²) in [6.07, 6.45) is 0. The third-order valence-electron chi connectivity index (χ3n) is 2.75. The van der Waals surface area contributed by atoms with Gasteiger partial charge in [0.2, 0.25) is 5.69 Å². The molecule has 0 aliphatic heterocycles. The van der Waals surface area contributed by atoms with Crippen LogP contribution in [0.15, 0.2) is 24.3 Å². The third-order valence-corrected chi connectivity index (χ3v) is 2.75. The minimum atomic E-state index is -0.556. The maximum Gasteiger partial charge on any atom is 0.362 e. The summed E-state index contributed by atoms with van der Waals surface area (Å²) in [6, 6.07) is 7.38. The van der Waals surface area contributed by atoms with Crippen LogP contribution in [0.5, 0.6) is 0 Å². The lowest BCUT2D eigenvalue weighted by Crippen LogP contribution is -2.07. The van der Waals surface area contributed by atoms with Gasteiger partial charge in [-0.25, -0.2) is 9.78 Å². The van der Waals surface area contributed by atoms with Crippen LogP contribution in [-0.4, -0.2) is 32.4 Å². The van der Waals surface area contributed by atoms with E-state index < -0.39 is 5.97 Å². The summed E-state index contributed by atoms with van der Waals surface area (Å²) in [5.41, 5.74) is 7.01. The molecule has 96 valence electrons. The van der Waals surface area contributed by atoms with E-state index in [9.17, 15) is 4.79 Å². The Bertz CT molecular complexity index is 780. The molecule has 2 N–H and O–H groups in total. The molecule has 0 fully saturated rings. The van der Waals surface area contributed by atoms with Crippen LogP contribution < -0.4 is 5.73 Å². The van der Waals surface area contributed by atoms with Gasteiger partial charge < -0.3 is 10.5 Å². The molecular weight excluding hydrogens is 246 g/mol. The van der Waals surface area contributed by atoms with Crippen molar-refractivity contribution in [1.82, 2.24) is 19.8 Å². The Hall–Kier alpha value is -2.70. The summed E-state index contributed by atoms with van der Waals surface area (Å²) in [6.45, 7) is 1.99. The maximum atomic E-state index is 11.7. The van der Waals surface area contributed by atoms with Crippen molar-refractivity contribution in [3.05, 3.63) is 30.0 Å². The van der Waals surface area contributed by atoms with Gasteiger partial charge in [-0.1, -0.05) is 17.3 Å². The second-order valence-electron chi connectivity index (χ2n) is 3.91. The molecule has 0 amide bonds. The van der Waals surface area contributed by atoms with Gasteiger partial charge in [0.05, 0.1) is 12.1 Å². The number of rotatable bonds is 2. The number of aromatic nitrogens is 4. The van der Waals surface area contributed by atoms with Crippen LogP contribution in [0.25, 0.3) is 16.6 Å². The second-order valence-corrected chi connectivity index (χ2v) is 3.91. The largest absolute Gasteiger partial charge is 0.461 e. The van der Waals surface area contributed by atoms with E-state index in [1.54, 1.807) is 6.92 Å². The van der Waals surface area contributed by atoms with Gasteiger partial charge in [-0.15, -0.1) is 5.10 Å². The summed E-state index contributed by atoms with van der Waals surface area (Å²) in [5.74, 6) is -0.226. The van der Waals surface area contributed by atoms with Gasteiger partial charge in [0.15, 0.2) is 5.65 Å². The quantitative estimate of drug-likeness (QED) is 0.689. The average Bonchev–Trinajstić information content (AvgIpc) is 2.83. The van der Waals surface area contributed by atoms with Crippen LogP contribution in [-0.2, 0) is 4.74 Å². The van der Waals surface area contributed by atoms with Gasteiger partial charge in [-0.2, -0.15) is 4.52 Å². The Balaban J connectivity index is 2.33. The minimum absolute atomic E-state index is 0.0688. The number of nitrogens with zero attached hydrogens (tertiary/aromatic N) is 4. The predicted octanol–water partition coefficient (Wildman–Crippen LogP) is 1.04. The zero-order valence-electron chi connectivity index (χ0n) is 10.2. The van der Waals surface area contributed by atoms with Crippen molar-refractivity contribution in [3.63, 3.8) is 0 Å². The van der Waals surface area contributed by atoms with Crippen LogP contribution in [0, 0.1) is 0 Å². The fraction of sp³-hybridized carbons (Fsp3) is 0.167. The molecule has 7 nitrogen and oxygen atoms in total. The normalized spacial score (nSPS) is 11.0. The molecule has 3 rings (SSSR count). The highest BCUT2D eigenvalue weighted by atomic mass is 16.5. The Kier molecular flexibility index (Phi) is 2.52. The summed E-state index contributed by atoms with van der Waals surface area (Å²) >= 11 is 0. The molecule has 0 saturated heterocycles. The molecular formula is C12H11N5O2. The SMILES string of the molecule is CCOC(=O)c1nnn2c1nc(N)c1ccccc12. The highest BCUT2D eigenvalue weighted by Gasteiger charge is 2.19. The van der Waals surface area contributed by atoms with Gasteiger partial charge in [0.1, 0.15) is 5.82 Å². The first-order valence-electron chi connectivity index (χ1n) is 5.79. The number of nitrogen functional groups attached to an aromatic ring is 1.